The molecule has 1 N–H and O–H groups in total. The van der Waals surface area contributed by atoms with Crippen LogP contribution in [-0.2, 0) is 9.53 Å². The van der Waals surface area contributed by atoms with Crippen molar-refractivity contribution in [1.29, 1.82) is 0 Å². The number of ether oxygens (including phenoxy) is 1. The molecule has 0 spiro atoms. The average Bonchev–Trinajstić information content (AvgIpc) is 3.09. The first-order chi connectivity index (χ1) is 9.25. The van der Waals surface area contributed by atoms with Crippen LogP contribution in [0.15, 0.2) is 12.2 Å². The second-order valence-corrected chi connectivity index (χ2v) is 5.18. The summed E-state index contributed by atoms with van der Waals surface area (Å²) < 4.78 is 4.96. The fourth-order valence-electron chi connectivity index (χ4n) is 2.97. The second-order valence-electron chi connectivity index (χ2n) is 5.18. The van der Waals surface area contributed by atoms with Crippen LogP contribution in [0, 0.1) is 0 Å². The Hall–Kier alpha value is -1.56. The summed E-state index contributed by atoms with van der Waals surface area (Å²) >= 11 is 0. The number of nitrogens with zero attached hydrogens (tertiary/aromatic N) is 2. The number of amides is 2. The third-order valence-corrected chi connectivity index (χ3v) is 4.06. The molecule has 6 heteroatoms. The van der Waals surface area contributed by atoms with Gasteiger partial charge in [-0.25, -0.2) is 4.79 Å². The lowest BCUT2D eigenvalue weighted by Crippen LogP contribution is -2.51. The van der Waals surface area contributed by atoms with Gasteiger partial charge in [-0.05, 0) is 12.8 Å². The summed E-state index contributed by atoms with van der Waals surface area (Å²) in [5.41, 5.74) is 0. The first-order valence-corrected chi connectivity index (χ1v) is 6.88. The van der Waals surface area contributed by atoms with Gasteiger partial charge in [0, 0.05) is 25.7 Å². The number of piperidine rings is 1. The van der Waals surface area contributed by atoms with Crippen molar-refractivity contribution < 1.29 is 14.3 Å². The molecule has 0 aromatic carbocycles. The highest BCUT2D eigenvalue weighted by Crippen LogP contribution is 2.20. The van der Waals surface area contributed by atoms with E-state index in [1.807, 2.05) is 17.1 Å². The van der Waals surface area contributed by atoms with Crippen molar-refractivity contribution in [2.75, 3.05) is 32.8 Å². The lowest BCUT2D eigenvalue weighted by molar-refractivity contribution is -0.133. The molecule has 3 heterocycles. The average molecular weight is 265 g/mol. The van der Waals surface area contributed by atoms with E-state index in [1.165, 1.54) is 0 Å². The van der Waals surface area contributed by atoms with Gasteiger partial charge in [0.25, 0.3) is 0 Å². The first-order valence-electron chi connectivity index (χ1n) is 6.88. The summed E-state index contributed by atoms with van der Waals surface area (Å²) in [7, 11) is 0. The largest absolute Gasteiger partial charge is 0.448 e. The number of carbonyl (C=O) groups excluding carboxylic acids is 2. The Morgan fingerprint density at radius 3 is 2.68 bits per heavy atom. The highest BCUT2D eigenvalue weighted by atomic mass is 16.6. The SMILES string of the molecule is O=C(C1C=CCN1)N1CCC(N2CCOC2=O)CC1. The second kappa shape index (κ2) is 5.21. The first kappa shape index (κ1) is 12.5. The van der Waals surface area contributed by atoms with Gasteiger partial charge in [0.05, 0.1) is 6.54 Å². The molecule has 104 valence electrons. The Morgan fingerprint density at radius 1 is 1.32 bits per heavy atom. The smallest absolute Gasteiger partial charge is 0.410 e. The molecule has 2 fully saturated rings. The molecule has 1 atom stereocenters. The summed E-state index contributed by atoms with van der Waals surface area (Å²) in [6.45, 7) is 3.39. The number of hydrogen-bond acceptors (Lipinski definition) is 4. The highest BCUT2D eigenvalue weighted by molar-refractivity contribution is 5.84. The summed E-state index contributed by atoms with van der Waals surface area (Å²) in [4.78, 5) is 27.4. The molecule has 2 amide bonds. The van der Waals surface area contributed by atoms with Crippen LogP contribution in [0.1, 0.15) is 12.8 Å². The molecule has 0 aromatic heterocycles. The number of likely N-dealkylation sites (tertiary alicyclic amines) is 1. The lowest BCUT2D eigenvalue weighted by atomic mass is 10.0. The molecule has 19 heavy (non-hydrogen) atoms. The van der Waals surface area contributed by atoms with E-state index in [4.69, 9.17) is 4.74 Å². The van der Waals surface area contributed by atoms with Gasteiger partial charge in [-0.3, -0.25) is 10.1 Å². The van der Waals surface area contributed by atoms with Gasteiger partial charge < -0.3 is 14.5 Å². The Balaban J connectivity index is 1.53. The van der Waals surface area contributed by atoms with Crippen LogP contribution in [0.4, 0.5) is 4.79 Å². The topological polar surface area (TPSA) is 61.9 Å². The molecule has 0 radical (unpaired) electrons. The zero-order valence-corrected chi connectivity index (χ0v) is 10.9. The predicted molar refractivity (Wildman–Crippen MR) is 68.6 cm³/mol. The van der Waals surface area contributed by atoms with Crippen LogP contribution in [-0.4, -0.2) is 66.7 Å². The maximum atomic E-state index is 12.2. The molecular weight excluding hydrogens is 246 g/mol. The van der Waals surface area contributed by atoms with Gasteiger partial charge in [-0.2, -0.15) is 0 Å². The Kier molecular flexibility index (Phi) is 3.42. The third kappa shape index (κ3) is 2.45. The fraction of sp³-hybridized carbons (Fsp3) is 0.692. The van der Waals surface area contributed by atoms with Crippen molar-refractivity contribution in [2.24, 2.45) is 0 Å². The Morgan fingerprint density at radius 2 is 2.11 bits per heavy atom. The molecule has 3 aliphatic heterocycles. The number of carbonyl (C=O) groups is 2. The van der Waals surface area contributed by atoms with Crippen LogP contribution in [0.3, 0.4) is 0 Å². The zero-order chi connectivity index (χ0) is 13.2. The van der Waals surface area contributed by atoms with E-state index in [1.54, 1.807) is 4.90 Å². The van der Waals surface area contributed by atoms with E-state index < -0.39 is 0 Å². The predicted octanol–water partition coefficient (Wildman–Crippen LogP) is -0.0424. The summed E-state index contributed by atoms with van der Waals surface area (Å²) in [6.07, 6.45) is 5.39. The van der Waals surface area contributed by atoms with Crippen molar-refractivity contribution in [1.82, 2.24) is 15.1 Å². The monoisotopic (exact) mass is 265 g/mol. The van der Waals surface area contributed by atoms with E-state index in [0.29, 0.717) is 13.2 Å². The van der Waals surface area contributed by atoms with Crippen LogP contribution in [0.25, 0.3) is 0 Å². The minimum Gasteiger partial charge on any atom is -0.448 e. The molecule has 3 rings (SSSR count). The van der Waals surface area contributed by atoms with Gasteiger partial charge in [-0.1, -0.05) is 12.2 Å². The minimum atomic E-state index is -0.204. The van der Waals surface area contributed by atoms with Crippen LogP contribution >= 0.6 is 0 Å². The number of rotatable bonds is 2. The normalized spacial score (nSPS) is 28.0. The zero-order valence-electron chi connectivity index (χ0n) is 10.9. The molecule has 0 saturated carbocycles. The van der Waals surface area contributed by atoms with E-state index in [2.05, 4.69) is 5.32 Å². The molecule has 6 nitrogen and oxygen atoms in total. The molecule has 2 saturated heterocycles. The Labute approximate surface area is 112 Å². The van der Waals surface area contributed by atoms with Gasteiger partial charge in [0.1, 0.15) is 12.6 Å². The van der Waals surface area contributed by atoms with Crippen LogP contribution in [0.2, 0.25) is 0 Å². The van der Waals surface area contributed by atoms with Crippen molar-refractivity contribution in [3.05, 3.63) is 12.2 Å². The van der Waals surface area contributed by atoms with E-state index in [9.17, 15) is 9.59 Å². The molecule has 0 aromatic rings. The van der Waals surface area contributed by atoms with Crippen LogP contribution in [0.5, 0.6) is 0 Å². The quantitative estimate of drug-likeness (QED) is 0.712. The number of hydrogen-bond donors (Lipinski definition) is 1. The maximum Gasteiger partial charge on any atom is 0.410 e. The standard InChI is InChI=1S/C13H19N3O3/c17-12(11-2-1-5-14-11)15-6-3-10(4-7-15)16-8-9-19-13(16)18/h1-2,10-11,14H,3-9H2. The van der Waals surface area contributed by atoms with Crippen molar-refractivity contribution in [3.8, 4) is 0 Å². The molecule has 0 bridgehead atoms. The maximum absolute atomic E-state index is 12.2. The summed E-state index contributed by atoms with van der Waals surface area (Å²) in [6, 6.07) is 0.0689. The van der Waals surface area contributed by atoms with Crippen molar-refractivity contribution in [2.45, 2.75) is 24.9 Å². The molecular formula is C13H19N3O3. The van der Waals surface area contributed by atoms with Gasteiger partial charge in [-0.15, -0.1) is 0 Å². The number of nitrogens with one attached hydrogen (secondary N) is 1. The van der Waals surface area contributed by atoms with Gasteiger partial charge >= 0.3 is 6.09 Å². The van der Waals surface area contributed by atoms with Crippen molar-refractivity contribution in [3.63, 3.8) is 0 Å². The fourth-order valence-corrected chi connectivity index (χ4v) is 2.97. The van der Waals surface area contributed by atoms with Crippen molar-refractivity contribution >= 4 is 12.0 Å². The van der Waals surface area contributed by atoms with Crippen LogP contribution < -0.4 is 5.32 Å². The third-order valence-electron chi connectivity index (χ3n) is 4.06. The summed E-state index contributed by atoms with van der Waals surface area (Å²) in [5.74, 6) is 0.149. The minimum absolute atomic E-state index is 0.149. The molecule has 3 aliphatic rings. The summed E-state index contributed by atoms with van der Waals surface area (Å²) in [5, 5.41) is 3.14. The van der Waals surface area contributed by atoms with E-state index in [-0.39, 0.29) is 24.1 Å². The highest BCUT2D eigenvalue weighted by Gasteiger charge is 2.34. The lowest BCUT2D eigenvalue weighted by Gasteiger charge is -2.36. The number of cyclic esters (lactones) is 1. The van der Waals surface area contributed by atoms with Gasteiger partial charge in [0.15, 0.2) is 0 Å². The van der Waals surface area contributed by atoms with E-state index >= 15 is 0 Å². The van der Waals surface area contributed by atoms with Gasteiger partial charge in [0.2, 0.25) is 5.91 Å². The van der Waals surface area contributed by atoms with E-state index in [0.717, 1.165) is 32.5 Å². The Bertz CT molecular complexity index is 402. The molecule has 0 aliphatic carbocycles. The molecule has 1 unspecified atom stereocenters.